The highest BCUT2D eigenvalue weighted by Crippen LogP contribution is 2.38. The molecule has 0 N–H and O–H groups in total. The fourth-order valence-corrected chi connectivity index (χ4v) is 0.615. The van der Waals surface area contributed by atoms with Gasteiger partial charge in [-0.05, 0) is 0 Å². The lowest BCUT2D eigenvalue weighted by atomic mass is 10.1. The zero-order valence-electron chi connectivity index (χ0n) is 6.92. The highest BCUT2D eigenvalue weighted by molar-refractivity contribution is 5.78. The maximum Gasteiger partial charge on any atom is 0.453 e. The smallest absolute Gasteiger partial charge is 0.300 e. The van der Waals surface area contributed by atoms with Crippen molar-refractivity contribution >= 4 is 5.78 Å². The van der Waals surface area contributed by atoms with Crippen molar-refractivity contribution in [3.8, 4) is 0 Å². The largest absolute Gasteiger partial charge is 0.453 e. The molecule has 78 valence electrons. The van der Waals surface area contributed by atoms with Gasteiger partial charge in [-0.3, -0.25) is 4.79 Å². The summed E-state index contributed by atoms with van der Waals surface area (Å²) in [6, 6.07) is 0. The molecule has 0 fully saturated rings. The van der Waals surface area contributed by atoms with Crippen LogP contribution in [0.25, 0.3) is 0 Å². The Morgan fingerprint density at radius 2 is 1.62 bits per heavy atom. The van der Waals surface area contributed by atoms with Crippen LogP contribution in [0.1, 0.15) is 26.2 Å². The third-order valence-corrected chi connectivity index (χ3v) is 1.53. The van der Waals surface area contributed by atoms with Gasteiger partial charge in [0.05, 0.1) is 0 Å². The first-order chi connectivity index (χ1) is 5.70. The second-order valence-corrected chi connectivity index (χ2v) is 2.59. The lowest BCUT2D eigenvalue weighted by Crippen LogP contribution is -2.36. The number of halogens is 5. The number of hydrogen-bond donors (Lipinski definition) is 0. The Balaban J connectivity index is 4.12. The van der Waals surface area contributed by atoms with Gasteiger partial charge in [0.2, 0.25) is 0 Å². The molecule has 0 bridgehead atoms. The van der Waals surface area contributed by atoms with E-state index < -0.39 is 30.7 Å². The predicted molar refractivity (Wildman–Crippen MR) is 35.5 cm³/mol. The van der Waals surface area contributed by atoms with Gasteiger partial charge in [0.15, 0.2) is 0 Å². The highest BCUT2D eigenvalue weighted by Gasteiger charge is 2.56. The van der Waals surface area contributed by atoms with Crippen molar-refractivity contribution in [2.75, 3.05) is 0 Å². The van der Waals surface area contributed by atoms with Gasteiger partial charge in [0.25, 0.3) is 0 Å². The van der Waals surface area contributed by atoms with E-state index in [1.165, 1.54) is 6.92 Å². The first-order valence-corrected chi connectivity index (χ1v) is 3.67. The summed E-state index contributed by atoms with van der Waals surface area (Å²) in [6.07, 6.45) is -7.76. The fraction of sp³-hybridized carbons (Fsp3) is 0.857. The highest BCUT2D eigenvalue weighted by atomic mass is 19.4. The molecule has 0 atom stereocenters. The van der Waals surface area contributed by atoms with Crippen LogP contribution in [0.4, 0.5) is 22.0 Å². The van der Waals surface area contributed by atoms with Crippen LogP contribution in [-0.4, -0.2) is 17.9 Å². The average Bonchev–Trinajstić information content (AvgIpc) is 1.98. The van der Waals surface area contributed by atoms with Crippen molar-refractivity contribution < 1.29 is 26.7 Å². The molecule has 0 aromatic rings. The molecule has 0 aliphatic rings. The third kappa shape index (κ3) is 3.69. The van der Waals surface area contributed by atoms with E-state index in [1.54, 1.807) is 0 Å². The second kappa shape index (κ2) is 4.02. The maximum atomic E-state index is 12.2. The van der Waals surface area contributed by atoms with Crippen molar-refractivity contribution in [1.29, 1.82) is 0 Å². The molecular formula is C7H9F5O. The normalized spacial score (nSPS) is 13.1. The van der Waals surface area contributed by atoms with E-state index in [0.29, 0.717) is 0 Å². The van der Waals surface area contributed by atoms with Crippen LogP contribution in [0.3, 0.4) is 0 Å². The van der Waals surface area contributed by atoms with Gasteiger partial charge < -0.3 is 0 Å². The number of carbonyl (C=O) groups excluding carboxylic acids is 1. The summed E-state index contributed by atoms with van der Waals surface area (Å²) in [5.74, 6) is -5.35. The van der Waals surface area contributed by atoms with Crippen LogP contribution in [0.2, 0.25) is 0 Å². The van der Waals surface area contributed by atoms with Gasteiger partial charge in [-0.15, -0.1) is 0 Å². The van der Waals surface area contributed by atoms with Crippen molar-refractivity contribution in [2.45, 2.75) is 38.3 Å². The van der Waals surface area contributed by atoms with E-state index in [4.69, 9.17) is 0 Å². The van der Waals surface area contributed by atoms with Crippen LogP contribution in [0, 0.1) is 0 Å². The van der Waals surface area contributed by atoms with Crippen LogP contribution in [0.5, 0.6) is 0 Å². The Bertz CT molecular complexity index is 184. The minimum Gasteiger partial charge on any atom is -0.300 e. The molecule has 0 heterocycles. The topological polar surface area (TPSA) is 17.1 Å². The van der Waals surface area contributed by atoms with Crippen LogP contribution < -0.4 is 0 Å². The van der Waals surface area contributed by atoms with Crippen LogP contribution >= 0.6 is 0 Å². The summed E-state index contributed by atoms with van der Waals surface area (Å²) in [4.78, 5) is 10.5. The molecule has 13 heavy (non-hydrogen) atoms. The lowest BCUT2D eigenvalue weighted by molar-refractivity contribution is -0.284. The van der Waals surface area contributed by atoms with Crippen LogP contribution in [0.15, 0.2) is 0 Å². The van der Waals surface area contributed by atoms with Crippen molar-refractivity contribution in [1.82, 2.24) is 0 Å². The molecule has 0 aromatic carbocycles. The number of carbonyl (C=O) groups is 1. The summed E-state index contributed by atoms with van der Waals surface area (Å²) in [5.41, 5.74) is 0. The summed E-state index contributed by atoms with van der Waals surface area (Å²) in [5, 5.41) is 0. The molecule has 0 saturated carbocycles. The van der Waals surface area contributed by atoms with E-state index >= 15 is 0 Å². The Morgan fingerprint density at radius 3 is 1.92 bits per heavy atom. The molecule has 1 nitrogen and oxygen atoms in total. The lowest BCUT2D eigenvalue weighted by Gasteiger charge is -2.18. The molecule has 0 radical (unpaired) electrons. The van der Waals surface area contributed by atoms with Gasteiger partial charge in [0.1, 0.15) is 5.78 Å². The van der Waals surface area contributed by atoms with E-state index in [2.05, 4.69) is 0 Å². The second-order valence-electron chi connectivity index (χ2n) is 2.59. The summed E-state index contributed by atoms with van der Waals surface area (Å²) in [7, 11) is 0. The zero-order valence-corrected chi connectivity index (χ0v) is 6.92. The number of alkyl halides is 5. The maximum absolute atomic E-state index is 12.2. The summed E-state index contributed by atoms with van der Waals surface area (Å²) in [6.45, 7) is 1.41. The SMILES string of the molecule is CCC(=O)CCC(F)(F)C(F)(F)F. The number of rotatable bonds is 4. The molecule has 6 heteroatoms. The minimum atomic E-state index is -5.55. The summed E-state index contributed by atoms with van der Waals surface area (Å²) >= 11 is 0. The minimum absolute atomic E-state index is 0.0199. The van der Waals surface area contributed by atoms with Gasteiger partial charge in [0, 0.05) is 19.3 Å². The predicted octanol–water partition coefficient (Wildman–Crippen LogP) is 2.94. The molecule has 0 aliphatic heterocycles. The Morgan fingerprint density at radius 1 is 1.15 bits per heavy atom. The molecule has 0 saturated heterocycles. The van der Waals surface area contributed by atoms with E-state index in [1.807, 2.05) is 0 Å². The average molecular weight is 204 g/mol. The summed E-state index contributed by atoms with van der Waals surface area (Å²) < 4.78 is 58.9. The molecule has 0 aliphatic carbocycles. The number of Topliss-reactive ketones (excluding diaryl/α,β-unsaturated/α-hetero) is 1. The number of hydrogen-bond acceptors (Lipinski definition) is 1. The Labute approximate surface area is 71.9 Å². The molecule has 0 aromatic heterocycles. The molecule has 0 spiro atoms. The first-order valence-electron chi connectivity index (χ1n) is 3.67. The quantitative estimate of drug-likeness (QED) is 0.643. The standard InChI is InChI=1S/C7H9F5O/c1-2-5(13)3-4-6(8,9)7(10,11)12/h2-4H2,1H3. The van der Waals surface area contributed by atoms with Gasteiger partial charge >= 0.3 is 12.1 Å². The molecular weight excluding hydrogens is 195 g/mol. The Kier molecular flexibility index (Phi) is 3.81. The monoisotopic (exact) mass is 204 g/mol. The third-order valence-electron chi connectivity index (χ3n) is 1.53. The fourth-order valence-electron chi connectivity index (χ4n) is 0.615. The van der Waals surface area contributed by atoms with Crippen LogP contribution in [-0.2, 0) is 4.79 Å². The first kappa shape index (κ1) is 12.3. The van der Waals surface area contributed by atoms with E-state index in [0.717, 1.165) is 0 Å². The molecule has 0 unspecified atom stereocenters. The van der Waals surface area contributed by atoms with E-state index in [-0.39, 0.29) is 6.42 Å². The van der Waals surface area contributed by atoms with Crippen molar-refractivity contribution in [3.05, 3.63) is 0 Å². The molecule has 0 rings (SSSR count). The van der Waals surface area contributed by atoms with Gasteiger partial charge in [-0.1, -0.05) is 6.92 Å². The zero-order chi connectivity index (χ0) is 10.7. The number of ketones is 1. The molecule has 0 amide bonds. The van der Waals surface area contributed by atoms with Gasteiger partial charge in [-0.25, -0.2) is 0 Å². The Hall–Kier alpha value is -0.680. The van der Waals surface area contributed by atoms with E-state index in [9.17, 15) is 26.7 Å². The van der Waals surface area contributed by atoms with Gasteiger partial charge in [-0.2, -0.15) is 22.0 Å². The van der Waals surface area contributed by atoms with Crippen molar-refractivity contribution in [2.24, 2.45) is 0 Å². The van der Waals surface area contributed by atoms with Crippen molar-refractivity contribution in [3.63, 3.8) is 0 Å².